The summed E-state index contributed by atoms with van der Waals surface area (Å²) < 4.78 is 35.0. The monoisotopic (exact) mass is 358 g/mol. The third-order valence-corrected chi connectivity index (χ3v) is 3.62. The Morgan fingerprint density at radius 2 is 1.81 bits per heavy atom. The van der Waals surface area contributed by atoms with E-state index in [9.17, 15) is 13.9 Å². The lowest BCUT2D eigenvalue weighted by Crippen LogP contribution is -2.08. The molecule has 0 saturated heterocycles. The molecule has 2 aromatic rings. The van der Waals surface area contributed by atoms with E-state index in [4.69, 9.17) is 4.74 Å². The zero-order valence-electron chi connectivity index (χ0n) is 11.1. The summed E-state index contributed by atoms with van der Waals surface area (Å²) >= 11 is 3.33. The number of alkyl halides is 2. The third-order valence-electron chi connectivity index (χ3n) is 2.93. The number of aliphatic hydroxyl groups excluding tert-OH is 1. The van der Waals surface area contributed by atoms with E-state index >= 15 is 0 Å². The summed E-state index contributed by atoms with van der Waals surface area (Å²) in [4.78, 5) is 0. The molecule has 0 spiro atoms. The number of hydrogen-bond acceptors (Lipinski definition) is 3. The van der Waals surface area contributed by atoms with Crippen molar-refractivity contribution in [1.82, 2.24) is 0 Å². The van der Waals surface area contributed by atoms with Crippen LogP contribution in [0.3, 0.4) is 0 Å². The van der Waals surface area contributed by atoms with Crippen molar-refractivity contribution in [2.24, 2.45) is 0 Å². The predicted octanol–water partition coefficient (Wildman–Crippen LogP) is 4.14. The molecule has 0 amide bonds. The maximum absolute atomic E-state index is 12.4. The minimum absolute atomic E-state index is 0.0530. The van der Waals surface area contributed by atoms with Crippen molar-refractivity contribution in [1.29, 1.82) is 0 Å². The first kappa shape index (κ1) is 15.7. The van der Waals surface area contributed by atoms with Crippen LogP contribution in [0.2, 0.25) is 0 Å². The molecule has 21 heavy (non-hydrogen) atoms. The van der Waals surface area contributed by atoms with Gasteiger partial charge in [0, 0.05) is 10.0 Å². The molecule has 2 rings (SSSR count). The third kappa shape index (κ3) is 3.71. The largest absolute Gasteiger partial charge is 0.497 e. The van der Waals surface area contributed by atoms with Gasteiger partial charge in [0.1, 0.15) is 17.6 Å². The molecule has 0 fully saturated rings. The summed E-state index contributed by atoms with van der Waals surface area (Å²) in [6.45, 7) is -2.95. The Hall–Kier alpha value is -1.66. The Morgan fingerprint density at radius 1 is 1.10 bits per heavy atom. The van der Waals surface area contributed by atoms with Crippen LogP contribution in [-0.4, -0.2) is 18.8 Å². The molecular formula is C15H13BrF2O3. The molecule has 112 valence electrons. The van der Waals surface area contributed by atoms with Gasteiger partial charge in [0.05, 0.1) is 7.11 Å². The predicted molar refractivity (Wildman–Crippen MR) is 77.8 cm³/mol. The lowest BCUT2D eigenvalue weighted by Gasteiger charge is -2.17. The fraction of sp³-hybridized carbons (Fsp3) is 0.200. The molecule has 2 aromatic carbocycles. The first-order valence-electron chi connectivity index (χ1n) is 6.08. The highest BCUT2D eigenvalue weighted by Gasteiger charge is 2.19. The smallest absolute Gasteiger partial charge is 0.387 e. The molecule has 0 radical (unpaired) electrons. The number of para-hydroxylation sites is 1. The van der Waals surface area contributed by atoms with E-state index < -0.39 is 12.7 Å². The van der Waals surface area contributed by atoms with Gasteiger partial charge in [-0.15, -0.1) is 0 Å². The van der Waals surface area contributed by atoms with Crippen molar-refractivity contribution in [3.05, 3.63) is 58.1 Å². The van der Waals surface area contributed by atoms with Crippen molar-refractivity contribution >= 4 is 15.9 Å². The van der Waals surface area contributed by atoms with Gasteiger partial charge >= 0.3 is 6.61 Å². The summed E-state index contributed by atoms with van der Waals surface area (Å²) in [5.74, 6) is 0.567. The summed E-state index contributed by atoms with van der Waals surface area (Å²) in [5.41, 5.74) is 0.796. The summed E-state index contributed by atoms with van der Waals surface area (Å²) in [6.07, 6.45) is -1.10. The fourth-order valence-corrected chi connectivity index (χ4v) is 2.51. The second-order valence-electron chi connectivity index (χ2n) is 4.21. The maximum Gasteiger partial charge on any atom is 0.387 e. The Labute approximate surface area is 129 Å². The number of aliphatic hydroxyl groups is 1. The van der Waals surface area contributed by atoms with E-state index in [1.54, 1.807) is 36.4 Å². The van der Waals surface area contributed by atoms with Crippen LogP contribution in [0.25, 0.3) is 0 Å². The fourth-order valence-electron chi connectivity index (χ4n) is 1.93. The molecule has 6 heteroatoms. The van der Waals surface area contributed by atoms with E-state index in [1.165, 1.54) is 13.2 Å². The molecule has 3 nitrogen and oxygen atoms in total. The highest BCUT2D eigenvalue weighted by Crippen LogP contribution is 2.35. The van der Waals surface area contributed by atoms with Crippen LogP contribution in [0.1, 0.15) is 17.2 Å². The molecule has 0 heterocycles. The minimum atomic E-state index is -2.95. The van der Waals surface area contributed by atoms with Crippen LogP contribution in [0.5, 0.6) is 11.5 Å². The van der Waals surface area contributed by atoms with Gasteiger partial charge in [0.15, 0.2) is 0 Å². The molecular weight excluding hydrogens is 346 g/mol. The van der Waals surface area contributed by atoms with Crippen LogP contribution in [0, 0.1) is 0 Å². The summed E-state index contributed by atoms with van der Waals surface area (Å²) in [6, 6.07) is 11.2. The van der Waals surface area contributed by atoms with Crippen LogP contribution in [0.4, 0.5) is 8.78 Å². The first-order chi connectivity index (χ1) is 10.0. The Kier molecular flexibility index (Phi) is 5.14. The second-order valence-corrected chi connectivity index (χ2v) is 5.06. The van der Waals surface area contributed by atoms with Crippen molar-refractivity contribution < 1.29 is 23.4 Å². The molecule has 0 bridgehead atoms. The van der Waals surface area contributed by atoms with Gasteiger partial charge in [-0.3, -0.25) is 0 Å². The standard InChI is InChI=1S/C15H13BrF2O3/c1-20-9-6-7-10(12(16)8-9)14(19)11-4-2-3-5-13(11)21-15(17)18/h2-8,14-15,19H,1H3. The number of hydrogen-bond donors (Lipinski definition) is 1. The highest BCUT2D eigenvalue weighted by molar-refractivity contribution is 9.10. The van der Waals surface area contributed by atoms with Gasteiger partial charge in [0.2, 0.25) is 0 Å². The van der Waals surface area contributed by atoms with Crippen LogP contribution < -0.4 is 9.47 Å². The van der Waals surface area contributed by atoms with Crippen molar-refractivity contribution in [3.63, 3.8) is 0 Å². The normalized spacial score (nSPS) is 12.3. The van der Waals surface area contributed by atoms with Gasteiger partial charge in [-0.2, -0.15) is 8.78 Å². The number of rotatable bonds is 5. The van der Waals surface area contributed by atoms with Gasteiger partial charge < -0.3 is 14.6 Å². The van der Waals surface area contributed by atoms with Crippen LogP contribution >= 0.6 is 15.9 Å². The first-order valence-corrected chi connectivity index (χ1v) is 6.87. The molecule has 1 N–H and O–H groups in total. The van der Waals surface area contributed by atoms with Crippen molar-refractivity contribution in [2.75, 3.05) is 7.11 Å². The van der Waals surface area contributed by atoms with Gasteiger partial charge in [-0.05, 0) is 23.8 Å². The molecule has 1 atom stereocenters. The van der Waals surface area contributed by atoms with E-state index in [-0.39, 0.29) is 11.3 Å². The minimum Gasteiger partial charge on any atom is -0.497 e. The average molecular weight is 359 g/mol. The van der Waals surface area contributed by atoms with Gasteiger partial charge in [-0.1, -0.05) is 40.2 Å². The SMILES string of the molecule is COc1ccc(C(O)c2ccccc2OC(F)F)c(Br)c1. The number of halogens is 3. The van der Waals surface area contributed by atoms with Crippen LogP contribution in [-0.2, 0) is 0 Å². The summed E-state index contributed by atoms with van der Waals surface area (Å²) in [5, 5.41) is 10.4. The zero-order valence-corrected chi connectivity index (χ0v) is 12.7. The molecule has 0 aliphatic rings. The highest BCUT2D eigenvalue weighted by atomic mass is 79.9. The molecule has 0 aromatic heterocycles. The number of benzene rings is 2. The summed E-state index contributed by atoms with van der Waals surface area (Å²) in [7, 11) is 1.53. The Morgan fingerprint density at radius 3 is 2.43 bits per heavy atom. The van der Waals surface area contributed by atoms with Crippen LogP contribution in [0.15, 0.2) is 46.9 Å². The average Bonchev–Trinajstić information content (AvgIpc) is 2.46. The lowest BCUT2D eigenvalue weighted by atomic mass is 10.0. The topological polar surface area (TPSA) is 38.7 Å². The maximum atomic E-state index is 12.4. The quantitative estimate of drug-likeness (QED) is 0.872. The van der Waals surface area contributed by atoms with E-state index in [0.717, 1.165) is 0 Å². The van der Waals surface area contributed by atoms with E-state index in [0.29, 0.717) is 15.8 Å². The van der Waals surface area contributed by atoms with E-state index in [2.05, 4.69) is 20.7 Å². The Balaban J connectivity index is 2.38. The molecule has 0 aliphatic heterocycles. The molecule has 0 saturated carbocycles. The molecule has 1 unspecified atom stereocenters. The Bertz CT molecular complexity index is 620. The van der Waals surface area contributed by atoms with Crippen molar-refractivity contribution in [2.45, 2.75) is 12.7 Å². The van der Waals surface area contributed by atoms with Gasteiger partial charge in [0.25, 0.3) is 0 Å². The van der Waals surface area contributed by atoms with Gasteiger partial charge in [-0.25, -0.2) is 0 Å². The lowest BCUT2D eigenvalue weighted by molar-refractivity contribution is -0.0512. The number of methoxy groups -OCH3 is 1. The van der Waals surface area contributed by atoms with E-state index in [1.807, 2.05) is 0 Å². The second kappa shape index (κ2) is 6.87. The van der Waals surface area contributed by atoms with Crippen molar-refractivity contribution in [3.8, 4) is 11.5 Å². The molecule has 0 aliphatic carbocycles. The number of ether oxygens (including phenoxy) is 2. The zero-order chi connectivity index (χ0) is 15.4.